The zero-order chi connectivity index (χ0) is 22.5. The Labute approximate surface area is 195 Å². The lowest BCUT2D eigenvalue weighted by Gasteiger charge is -2.34. The number of rotatable bonds is 7. The Morgan fingerprint density at radius 1 is 1.06 bits per heavy atom. The molecule has 0 spiro atoms. The Kier molecular flexibility index (Phi) is 7.12. The first kappa shape index (κ1) is 22.4. The van der Waals surface area contributed by atoms with Gasteiger partial charge in [-0.1, -0.05) is 24.6 Å². The van der Waals surface area contributed by atoms with Crippen molar-refractivity contribution in [3.05, 3.63) is 70.5 Å². The molecule has 0 atom stereocenters. The number of anilines is 3. The highest BCUT2D eigenvalue weighted by Gasteiger charge is 2.14. The molecule has 2 aromatic carbocycles. The fraction of sp³-hybridized carbons (Fsp3) is 0.360. The zero-order valence-corrected chi connectivity index (χ0v) is 19.7. The topological polar surface area (TPSA) is 53.5 Å². The Morgan fingerprint density at radius 3 is 2.50 bits per heavy atom. The predicted octanol–water partition coefficient (Wildman–Crippen LogP) is 4.79. The van der Waals surface area contributed by atoms with Gasteiger partial charge in [0.2, 0.25) is 5.95 Å². The molecule has 168 valence electrons. The Hall–Kier alpha value is -2.83. The van der Waals surface area contributed by atoms with E-state index in [0.29, 0.717) is 23.1 Å². The van der Waals surface area contributed by atoms with E-state index in [1.807, 2.05) is 24.4 Å². The van der Waals surface area contributed by atoms with E-state index in [-0.39, 0.29) is 0 Å². The molecular weight excluding hydrogens is 422 g/mol. The minimum Gasteiger partial charge on any atom is -0.495 e. The lowest BCUT2D eigenvalue weighted by Crippen LogP contribution is -2.44. The third-order valence-corrected chi connectivity index (χ3v) is 6.23. The monoisotopic (exact) mass is 451 g/mol. The highest BCUT2D eigenvalue weighted by atomic mass is 35.5. The van der Waals surface area contributed by atoms with E-state index in [0.717, 1.165) is 55.1 Å². The Morgan fingerprint density at radius 2 is 1.81 bits per heavy atom. The molecule has 2 heterocycles. The first-order chi connectivity index (χ1) is 15.6. The number of halogens is 1. The summed E-state index contributed by atoms with van der Waals surface area (Å²) >= 11 is 6.17. The maximum atomic E-state index is 6.17. The number of nitrogens with zero attached hydrogens (tertiary/aromatic N) is 4. The number of methoxy groups -OCH3 is 1. The summed E-state index contributed by atoms with van der Waals surface area (Å²) in [4.78, 5) is 14.1. The molecule has 32 heavy (non-hydrogen) atoms. The summed E-state index contributed by atoms with van der Waals surface area (Å²) in [5.74, 6) is 1.28. The molecule has 1 saturated heterocycles. The second-order valence-corrected chi connectivity index (χ2v) is 8.53. The molecule has 0 amide bonds. The van der Waals surface area contributed by atoms with Gasteiger partial charge in [0, 0.05) is 50.2 Å². The first-order valence-electron chi connectivity index (χ1n) is 11.0. The number of piperazine rings is 1. The number of aryl methyl sites for hydroxylation is 1. The van der Waals surface area contributed by atoms with Crippen LogP contribution in [0.5, 0.6) is 5.75 Å². The average molecular weight is 452 g/mol. The summed E-state index contributed by atoms with van der Waals surface area (Å²) < 4.78 is 5.36. The maximum absolute atomic E-state index is 6.17. The lowest BCUT2D eigenvalue weighted by molar-refractivity contribution is 0.313. The van der Waals surface area contributed by atoms with Crippen molar-refractivity contribution in [2.75, 3.05) is 50.6 Å². The van der Waals surface area contributed by atoms with E-state index in [9.17, 15) is 0 Å². The number of hydrogen-bond donors (Lipinski definition) is 1. The van der Waals surface area contributed by atoms with Gasteiger partial charge >= 0.3 is 0 Å². The molecule has 6 nitrogen and oxygen atoms in total. The van der Waals surface area contributed by atoms with E-state index in [4.69, 9.17) is 21.3 Å². The molecule has 1 N–H and O–H groups in total. The van der Waals surface area contributed by atoms with Crippen molar-refractivity contribution in [2.45, 2.75) is 19.8 Å². The molecule has 1 aliphatic heterocycles. The molecule has 1 aliphatic rings. The van der Waals surface area contributed by atoms with Crippen molar-refractivity contribution in [3.63, 3.8) is 0 Å². The SMILES string of the molecule is CCc1cnc(Nc2ccc(N3CCN(C)CC3)cc2)nc1Cc1ccc(Cl)c(OC)c1. The summed E-state index contributed by atoms with van der Waals surface area (Å²) in [6.45, 7) is 6.43. The first-order valence-corrected chi connectivity index (χ1v) is 11.4. The van der Waals surface area contributed by atoms with Gasteiger partial charge in [-0.05, 0) is 61.0 Å². The summed E-state index contributed by atoms with van der Waals surface area (Å²) in [5, 5.41) is 3.96. The Bertz CT molecular complexity index is 1050. The minimum atomic E-state index is 0.602. The number of aromatic nitrogens is 2. The number of ether oxygens (including phenoxy) is 1. The molecule has 3 aromatic rings. The van der Waals surface area contributed by atoms with E-state index in [1.54, 1.807) is 7.11 Å². The van der Waals surface area contributed by atoms with Crippen LogP contribution in [0, 0.1) is 0 Å². The van der Waals surface area contributed by atoms with Gasteiger partial charge in [0.1, 0.15) is 5.75 Å². The van der Waals surface area contributed by atoms with Crippen LogP contribution in [0.2, 0.25) is 5.02 Å². The molecule has 1 aromatic heterocycles. The van der Waals surface area contributed by atoms with Gasteiger partial charge in [-0.15, -0.1) is 0 Å². The van der Waals surface area contributed by atoms with Crippen molar-refractivity contribution in [1.82, 2.24) is 14.9 Å². The van der Waals surface area contributed by atoms with Gasteiger partial charge < -0.3 is 19.9 Å². The quantitative estimate of drug-likeness (QED) is 0.557. The Balaban J connectivity index is 1.48. The van der Waals surface area contributed by atoms with Gasteiger partial charge in [-0.25, -0.2) is 9.97 Å². The molecule has 0 bridgehead atoms. The van der Waals surface area contributed by atoms with E-state index in [2.05, 4.69) is 58.3 Å². The van der Waals surface area contributed by atoms with Crippen LogP contribution in [-0.4, -0.2) is 55.2 Å². The molecule has 7 heteroatoms. The van der Waals surface area contributed by atoms with Crippen LogP contribution in [0.4, 0.5) is 17.3 Å². The molecule has 1 fully saturated rings. The van der Waals surface area contributed by atoms with Crippen molar-refractivity contribution >= 4 is 28.9 Å². The van der Waals surface area contributed by atoms with Crippen LogP contribution < -0.4 is 15.0 Å². The van der Waals surface area contributed by atoms with Gasteiger partial charge in [0.25, 0.3) is 0 Å². The maximum Gasteiger partial charge on any atom is 0.227 e. The second-order valence-electron chi connectivity index (χ2n) is 8.13. The fourth-order valence-corrected chi connectivity index (χ4v) is 4.10. The smallest absolute Gasteiger partial charge is 0.227 e. The third-order valence-electron chi connectivity index (χ3n) is 5.91. The number of benzene rings is 2. The van der Waals surface area contributed by atoms with Gasteiger partial charge in [-0.3, -0.25) is 0 Å². The molecule has 0 unspecified atom stereocenters. The molecular formula is C25H30ClN5O. The summed E-state index contributed by atoms with van der Waals surface area (Å²) in [6, 6.07) is 14.3. The van der Waals surface area contributed by atoms with Crippen LogP contribution in [-0.2, 0) is 12.8 Å². The van der Waals surface area contributed by atoms with Crippen molar-refractivity contribution < 1.29 is 4.74 Å². The molecule has 0 radical (unpaired) electrons. The van der Waals surface area contributed by atoms with Crippen LogP contribution in [0.15, 0.2) is 48.7 Å². The van der Waals surface area contributed by atoms with E-state index in [1.165, 1.54) is 5.69 Å². The van der Waals surface area contributed by atoms with Gasteiger partial charge in [0.05, 0.1) is 17.8 Å². The number of hydrogen-bond acceptors (Lipinski definition) is 6. The molecule has 4 rings (SSSR count). The predicted molar refractivity (Wildman–Crippen MR) is 132 cm³/mol. The highest BCUT2D eigenvalue weighted by molar-refractivity contribution is 6.32. The van der Waals surface area contributed by atoms with Crippen LogP contribution >= 0.6 is 11.6 Å². The highest BCUT2D eigenvalue weighted by Crippen LogP contribution is 2.27. The standard InChI is InChI=1S/C25H30ClN5O/c1-4-19-17-27-25(29-23(19)15-18-5-10-22(26)24(16-18)32-3)28-20-6-8-21(9-7-20)31-13-11-30(2)12-14-31/h5-10,16-17H,4,11-15H2,1-3H3,(H,27,28,29). The summed E-state index contributed by atoms with van der Waals surface area (Å²) in [7, 11) is 3.80. The van der Waals surface area contributed by atoms with Crippen molar-refractivity contribution in [3.8, 4) is 5.75 Å². The van der Waals surface area contributed by atoms with Crippen molar-refractivity contribution in [1.29, 1.82) is 0 Å². The zero-order valence-electron chi connectivity index (χ0n) is 18.9. The second kappa shape index (κ2) is 10.2. The third kappa shape index (κ3) is 5.31. The van der Waals surface area contributed by atoms with Crippen LogP contribution in [0.3, 0.4) is 0 Å². The minimum absolute atomic E-state index is 0.602. The number of nitrogens with one attached hydrogen (secondary N) is 1. The summed E-state index contributed by atoms with van der Waals surface area (Å²) in [6.07, 6.45) is 3.48. The normalized spacial score (nSPS) is 14.4. The molecule has 0 aliphatic carbocycles. The van der Waals surface area contributed by atoms with Crippen LogP contribution in [0.1, 0.15) is 23.7 Å². The fourth-order valence-electron chi connectivity index (χ4n) is 3.91. The average Bonchev–Trinajstić information content (AvgIpc) is 2.81. The lowest BCUT2D eigenvalue weighted by atomic mass is 10.0. The molecule has 0 saturated carbocycles. The van der Waals surface area contributed by atoms with Gasteiger partial charge in [0.15, 0.2) is 0 Å². The van der Waals surface area contributed by atoms with Gasteiger partial charge in [-0.2, -0.15) is 0 Å². The summed E-state index contributed by atoms with van der Waals surface area (Å²) in [5.41, 5.74) is 5.47. The van der Waals surface area contributed by atoms with Crippen molar-refractivity contribution in [2.24, 2.45) is 0 Å². The number of likely N-dealkylation sites (N-methyl/N-ethyl adjacent to an activating group) is 1. The van der Waals surface area contributed by atoms with E-state index >= 15 is 0 Å². The van der Waals surface area contributed by atoms with E-state index < -0.39 is 0 Å². The largest absolute Gasteiger partial charge is 0.495 e. The van der Waals surface area contributed by atoms with Crippen LogP contribution in [0.25, 0.3) is 0 Å².